The first kappa shape index (κ1) is 13.4. The number of benzene rings is 1. The molecule has 2 rings (SSSR count). The van der Waals surface area contributed by atoms with Gasteiger partial charge in [0.25, 0.3) is 0 Å². The van der Waals surface area contributed by atoms with Gasteiger partial charge in [0.1, 0.15) is 0 Å². The molecular weight excluding hydrogens is 224 g/mol. The SMILES string of the molecule is Cc1ccccc1N1CC(CCO)NCC1(C)C. The third kappa shape index (κ3) is 2.68. The van der Waals surface area contributed by atoms with Gasteiger partial charge in [-0.25, -0.2) is 0 Å². The molecule has 1 saturated heterocycles. The summed E-state index contributed by atoms with van der Waals surface area (Å²) >= 11 is 0. The topological polar surface area (TPSA) is 35.5 Å². The fourth-order valence-corrected chi connectivity index (χ4v) is 2.66. The molecule has 2 N–H and O–H groups in total. The zero-order valence-corrected chi connectivity index (χ0v) is 11.6. The summed E-state index contributed by atoms with van der Waals surface area (Å²) in [6.07, 6.45) is 0.818. The molecule has 0 amide bonds. The highest BCUT2D eigenvalue weighted by Gasteiger charge is 2.34. The van der Waals surface area contributed by atoms with Crippen molar-refractivity contribution in [2.45, 2.75) is 38.8 Å². The van der Waals surface area contributed by atoms with Crippen LogP contribution < -0.4 is 10.2 Å². The van der Waals surface area contributed by atoms with Crippen molar-refractivity contribution in [3.63, 3.8) is 0 Å². The molecule has 3 nitrogen and oxygen atoms in total. The van der Waals surface area contributed by atoms with Gasteiger partial charge in [0.15, 0.2) is 0 Å². The second-order valence-electron chi connectivity index (χ2n) is 5.80. The van der Waals surface area contributed by atoms with Crippen molar-refractivity contribution in [1.82, 2.24) is 5.32 Å². The monoisotopic (exact) mass is 248 g/mol. The highest BCUT2D eigenvalue weighted by atomic mass is 16.3. The molecule has 1 aromatic rings. The number of hydrogen-bond donors (Lipinski definition) is 2. The van der Waals surface area contributed by atoms with Crippen molar-refractivity contribution in [2.75, 3.05) is 24.6 Å². The first-order valence-electron chi connectivity index (χ1n) is 6.72. The molecule has 1 aromatic carbocycles. The van der Waals surface area contributed by atoms with Gasteiger partial charge >= 0.3 is 0 Å². The summed E-state index contributed by atoms with van der Waals surface area (Å²) < 4.78 is 0. The number of piperazine rings is 1. The summed E-state index contributed by atoms with van der Waals surface area (Å²) in [4.78, 5) is 2.47. The van der Waals surface area contributed by atoms with Crippen LogP contribution >= 0.6 is 0 Å². The van der Waals surface area contributed by atoms with Crippen LogP contribution in [0.2, 0.25) is 0 Å². The second kappa shape index (κ2) is 5.29. The zero-order valence-electron chi connectivity index (χ0n) is 11.6. The minimum Gasteiger partial charge on any atom is -0.396 e. The molecule has 1 unspecified atom stereocenters. The number of nitrogens with one attached hydrogen (secondary N) is 1. The van der Waals surface area contributed by atoms with Crippen LogP contribution in [0.4, 0.5) is 5.69 Å². The van der Waals surface area contributed by atoms with Crippen molar-refractivity contribution in [1.29, 1.82) is 0 Å². The minimum atomic E-state index is 0.109. The van der Waals surface area contributed by atoms with Gasteiger partial charge in [-0.2, -0.15) is 0 Å². The number of rotatable bonds is 3. The van der Waals surface area contributed by atoms with E-state index in [4.69, 9.17) is 5.11 Å². The summed E-state index contributed by atoms with van der Waals surface area (Å²) in [6, 6.07) is 8.91. The van der Waals surface area contributed by atoms with Gasteiger partial charge in [-0.05, 0) is 38.8 Å². The second-order valence-corrected chi connectivity index (χ2v) is 5.80. The molecule has 18 heavy (non-hydrogen) atoms. The number of anilines is 1. The number of aliphatic hydroxyl groups excluding tert-OH is 1. The van der Waals surface area contributed by atoms with Crippen molar-refractivity contribution in [3.8, 4) is 0 Å². The van der Waals surface area contributed by atoms with Crippen LogP contribution in [-0.2, 0) is 0 Å². The molecule has 1 fully saturated rings. The largest absolute Gasteiger partial charge is 0.396 e. The lowest BCUT2D eigenvalue weighted by Crippen LogP contribution is -2.62. The number of aliphatic hydroxyl groups is 1. The fourth-order valence-electron chi connectivity index (χ4n) is 2.66. The Morgan fingerprint density at radius 3 is 2.78 bits per heavy atom. The van der Waals surface area contributed by atoms with E-state index in [0.29, 0.717) is 6.04 Å². The molecular formula is C15H24N2O. The molecule has 0 aromatic heterocycles. The van der Waals surface area contributed by atoms with Gasteiger partial charge in [-0.15, -0.1) is 0 Å². The Labute approximate surface area is 110 Å². The van der Waals surface area contributed by atoms with Gasteiger partial charge in [0.05, 0.1) is 0 Å². The number of para-hydroxylation sites is 1. The van der Waals surface area contributed by atoms with Crippen molar-refractivity contribution in [3.05, 3.63) is 29.8 Å². The highest BCUT2D eigenvalue weighted by molar-refractivity contribution is 5.55. The van der Waals surface area contributed by atoms with Crippen LogP contribution in [0.1, 0.15) is 25.8 Å². The molecule has 0 aliphatic carbocycles. The van der Waals surface area contributed by atoms with E-state index in [1.54, 1.807) is 0 Å². The standard InChI is InChI=1S/C15H24N2O/c1-12-6-4-5-7-14(12)17-10-13(8-9-18)16-11-15(17,2)3/h4-7,13,16,18H,8-11H2,1-3H3. The van der Waals surface area contributed by atoms with Crippen molar-refractivity contribution >= 4 is 5.69 Å². The molecule has 1 aliphatic rings. The van der Waals surface area contributed by atoms with Gasteiger partial charge in [-0.1, -0.05) is 18.2 Å². The Bertz CT molecular complexity index is 403. The van der Waals surface area contributed by atoms with E-state index >= 15 is 0 Å². The summed E-state index contributed by atoms with van der Waals surface area (Å²) in [5.41, 5.74) is 2.74. The Hall–Kier alpha value is -1.06. The number of nitrogens with zero attached hydrogens (tertiary/aromatic N) is 1. The average molecular weight is 248 g/mol. The number of hydrogen-bond acceptors (Lipinski definition) is 3. The first-order valence-corrected chi connectivity index (χ1v) is 6.72. The normalized spacial score (nSPS) is 23.1. The van der Waals surface area contributed by atoms with E-state index in [2.05, 4.69) is 55.3 Å². The maximum absolute atomic E-state index is 9.10. The van der Waals surface area contributed by atoms with E-state index in [9.17, 15) is 0 Å². The molecule has 0 radical (unpaired) electrons. The van der Waals surface area contributed by atoms with Gasteiger partial charge in [0, 0.05) is 37.0 Å². The smallest absolute Gasteiger partial charge is 0.0471 e. The van der Waals surface area contributed by atoms with E-state index in [1.165, 1.54) is 11.3 Å². The predicted octanol–water partition coefficient (Wildman–Crippen LogP) is 1.93. The molecule has 0 saturated carbocycles. The van der Waals surface area contributed by atoms with Crippen LogP contribution in [0, 0.1) is 6.92 Å². The molecule has 0 bridgehead atoms. The van der Waals surface area contributed by atoms with Gasteiger partial charge in [-0.3, -0.25) is 0 Å². The summed E-state index contributed by atoms with van der Waals surface area (Å²) in [6.45, 7) is 8.85. The number of aryl methyl sites for hydroxylation is 1. The quantitative estimate of drug-likeness (QED) is 0.858. The summed E-state index contributed by atoms with van der Waals surface area (Å²) in [7, 11) is 0. The van der Waals surface area contributed by atoms with Crippen LogP contribution in [0.3, 0.4) is 0 Å². The Kier molecular flexibility index (Phi) is 3.93. The van der Waals surface area contributed by atoms with Crippen LogP contribution in [0.15, 0.2) is 24.3 Å². The molecule has 1 aliphatic heterocycles. The average Bonchev–Trinajstić information content (AvgIpc) is 2.33. The predicted molar refractivity (Wildman–Crippen MR) is 76.1 cm³/mol. The van der Waals surface area contributed by atoms with Crippen LogP contribution in [0.25, 0.3) is 0 Å². The molecule has 0 spiro atoms. The van der Waals surface area contributed by atoms with E-state index in [-0.39, 0.29) is 12.1 Å². The Morgan fingerprint density at radius 2 is 2.11 bits per heavy atom. The van der Waals surface area contributed by atoms with Crippen LogP contribution in [-0.4, -0.2) is 36.4 Å². The van der Waals surface area contributed by atoms with Gasteiger partial charge in [0.2, 0.25) is 0 Å². The maximum atomic E-state index is 9.10. The van der Waals surface area contributed by atoms with E-state index in [0.717, 1.165) is 19.5 Å². The molecule has 1 heterocycles. The maximum Gasteiger partial charge on any atom is 0.0471 e. The molecule has 1 atom stereocenters. The summed E-state index contributed by atoms with van der Waals surface area (Å²) in [5.74, 6) is 0. The van der Waals surface area contributed by atoms with E-state index < -0.39 is 0 Å². The lowest BCUT2D eigenvalue weighted by Gasteiger charge is -2.48. The lowest BCUT2D eigenvalue weighted by molar-refractivity contribution is 0.239. The first-order chi connectivity index (χ1) is 8.54. The molecule has 3 heteroatoms. The Balaban J connectivity index is 2.24. The van der Waals surface area contributed by atoms with Crippen molar-refractivity contribution < 1.29 is 5.11 Å². The summed E-state index contributed by atoms with van der Waals surface area (Å²) in [5, 5.41) is 12.6. The third-order valence-electron chi connectivity index (χ3n) is 3.84. The molecule has 100 valence electrons. The zero-order chi connectivity index (χ0) is 13.2. The minimum absolute atomic E-state index is 0.109. The van der Waals surface area contributed by atoms with Crippen molar-refractivity contribution in [2.24, 2.45) is 0 Å². The lowest BCUT2D eigenvalue weighted by atomic mass is 9.94. The van der Waals surface area contributed by atoms with Crippen LogP contribution in [0.5, 0.6) is 0 Å². The Morgan fingerprint density at radius 1 is 1.39 bits per heavy atom. The van der Waals surface area contributed by atoms with E-state index in [1.807, 2.05) is 0 Å². The highest BCUT2D eigenvalue weighted by Crippen LogP contribution is 2.29. The fraction of sp³-hybridized carbons (Fsp3) is 0.600. The third-order valence-corrected chi connectivity index (χ3v) is 3.84. The van der Waals surface area contributed by atoms with Gasteiger partial charge < -0.3 is 15.3 Å².